The van der Waals surface area contributed by atoms with Crippen molar-refractivity contribution in [3.8, 4) is 0 Å². The molecule has 0 atom stereocenters. The van der Waals surface area contributed by atoms with E-state index in [1.165, 1.54) is 0 Å². The van der Waals surface area contributed by atoms with Crippen molar-refractivity contribution in [2.45, 2.75) is 0 Å². The summed E-state index contributed by atoms with van der Waals surface area (Å²) in [5, 5.41) is 0. The number of hydrogen-bond donors (Lipinski definition) is 1. The van der Waals surface area contributed by atoms with E-state index in [4.69, 9.17) is 0 Å². The molecule has 0 N–H and O–H groups in total. The molecule has 8 heavy (non-hydrogen) atoms. The fraction of sp³-hybridized carbons (Fsp3) is 0. The van der Waals surface area contributed by atoms with Gasteiger partial charge in [-0.1, -0.05) is 30.3 Å². The van der Waals surface area contributed by atoms with E-state index < -0.39 is 0 Å². The minimum atomic E-state index is 1.02. The van der Waals surface area contributed by atoms with E-state index in [9.17, 15) is 0 Å². The molecule has 0 fully saturated rings. The van der Waals surface area contributed by atoms with Gasteiger partial charge in [0.15, 0.2) is 0 Å². The number of benzene rings is 1. The lowest BCUT2D eigenvalue weighted by atomic mass is 10.2. The van der Waals surface area contributed by atoms with Crippen molar-refractivity contribution in [2.75, 3.05) is 0 Å². The molecule has 0 nitrogen and oxygen atoms in total. The minimum absolute atomic E-state index is 1.02. The van der Waals surface area contributed by atoms with Crippen molar-refractivity contribution >= 4 is 12.6 Å². The Labute approximate surface area is 55.0 Å². The molecule has 0 aromatic heterocycles. The zero-order valence-electron chi connectivity index (χ0n) is 4.33. The normalized spacial score (nSPS) is 9.12. The van der Waals surface area contributed by atoms with Gasteiger partial charge < -0.3 is 0 Å². The summed E-state index contributed by atoms with van der Waals surface area (Å²) in [6, 6.07) is 9.78. The van der Waals surface area contributed by atoms with Crippen LogP contribution in [0.15, 0.2) is 30.3 Å². The molecule has 0 aliphatic carbocycles. The summed E-state index contributed by atoms with van der Waals surface area (Å²) >= 11 is 3.86. The summed E-state index contributed by atoms with van der Waals surface area (Å²) in [7, 11) is 0. The van der Waals surface area contributed by atoms with Crippen LogP contribution in [-0.4, -0.2) is 0 Å². The molecule has 1 heteroatoms. The highest BCUT2D eigenvalue weighted by Gasteiger charge is 1.82. The maximum Gasteiger partial charge on any atom is 0.0782 e. The number of hydrogen-bond acceptors (Lipinski definition) is 1. The maximum atomic E-state index is 3.86. The van der Waals surface area contributed by atoms with Gasteiger partial charge in [0, 0.05) is 0 Å². The summed E-state index contributed by atoms with van der Waals surface area (Å²) in [5.74, 6) is 2.72. The van der Waals surface area contributed by atoms with E-state index in [0.717, 1.165) is 5.56 Å². The second-order valence-corrected chi connectivity index (χ2v) is 1.70. The third kappa shape index (κ3) is 1.27. The molecule has 1 aromatic rings. The fourth-order valence-corrected chi connectivity index (χ4v) is 0.662. The molecule has 0 spiro atoms. The van der Waals surface area contributed by atoms with Gasteiger partial charge in [0.25, 0.3) is 0 Å². The summed E-state index contributed by atoms with van der Waals surface area (Å²) in [6.07, 6.45) is 0. The molecule has 1 aromatic carbocycles. The Kier molecular flexibility index (Phi) is 1.98. The van der Waals surface area contributed by atoms with Gasteiger partial charge in [-0.25, -0.2) is 0 Å². The molecular formula is C7H6S. The van der Waals surface area contributed by atoms with Crippen LogP contribution in [0.4, 0.5) is 0 Å². The van der Waals surface area contributed by atoms with E-state index in [-0.39, 0.29) is 0 Å². The summed E-state index contributed by atoms with van der Waals surface area (Å²) in [4.78, 5) is 0. The summed E-state index contributed by atoms with van der Waals surface area (Å²) in [5.41, 5.74) is 1.02. The Balaban J connectivity index is 2.83. The Bertz CT molecular complexity index is 146. The third-order valence-electron chi connectivity index (χ3n) is 0.903. The molecule has 1 rings (SSSR count). The fourth-order valence-electron chi connectivity index (χ4n) is 0.513. The maximum absolute atomic E-state index is 3.86. The summed E-state index contributed by atoms with van der Waals surface area (Å²) < 4.78 is 0. The Morgan fingerprint density at radius 3 is 2.12 bits per heavy atom. The van der Waals surface area contributed by atoms with Gasteiger partial charge >= 0.3 is 0 Å². The molecule has 0 aliphatic rings. The first-order chi connectivity index (χ1) is 3.93. The van der Waals surface area contributed by atoms with Gasteiger partial charge in [-0.15, -0.1) is 0 Å². The Morgan fingerprint density at radius 2 is 1.75 bits per heavy atom. The van der Waals surface area contributed by atoms with Crippen LogP contribution in [0.5, 0.6) is 0 Å². The first-order valence-electron chi connectivity index (χ1n) is 2.38. The lowest BCUT2D eigenvalue weighted by Gasteiger charge is -1.87. The van der Waals surface area contributed by atoms with E-state index >= 15 is 0 Å². The van der Waals surface area contributed by atoms with Crippen molar-refractivity contribution < 1.29 is 0 Å². The van der Waals surface area contributed by atoms with Crippen molar-refractivity contribution in [3.05, 3.63) is 41.6 Å². The second-order valence-electron chi connectivity index (χ2n) is 1.48. The SMILES string of the molecule is S[C]c1ccccc1. The predicted molar refractivity (Wildman–Crippen MR) is 37.8 cm³/mol. The van der Waals surface area contributed by atoms with Crippen molar-refractivity contribution in [2.24, 2.45) is 0 Å². The van der Waals surface area contributed by atoms with Crippen LogP contribution in [0, 0.1) is 5.75 Å². The van der Waals surface area contributed by atoms with Crippen LogP contribution in [-0.2, 0) is 0 Å². The molecule has 0 amide bonds. The lowest BCUT2D eigenvalue weighted by molar-refractivity contribution is 1.60. The highest BCUT2D eigenvalue weighted by Crippen LogP contribution is 2.02. The molecular weight excluding hydrogens is 116 g/mol. The molecule has 2 radical (unpaired) electrons. The number of rotatable bonds is 1. The van der Waals surface area contributed by atoms with Crippen LogP contribution in [0.1, 0.15) is 5.56 Å². The van der Waals surface area contributed by atoms with Crippen LogP contribution >= 0.6 is 12.6 Å². The zero-order valence-corrected chi connectivity index (χ0v) is 5.23. The zero-order chi connectivity index (χ0) is 5.82. The minimum Gasteiger partial charge on any atom is -0.164 e. The molecule has 0 saturated heterocycles. The number of thiol groups is 1. The Hall–Kier alpha value is -0.430. The monoisotopic (exact) mass is 122 g/mol. The second kappa shape index (κ2) is 2.78. The van der Waals surface area contributed by atoms with E-state index in [2.05, 4.69) is 18.4 Å². The largest absolute Gasteiger partial charge is 0.164 e. The topological polar surface area (TPSA) is 0 Å². The van der Waals surface area contributed by atoms with E-state index in [1.54, 1.807) is 0 Å². The quantitative estimate of drug-likeness (QED) is 0.541. The molecule has 0 saturated carbocycles. The highest BCUT2D eigenvalue weighted by atomic mass is 32.1. The summed E-state index contributed by atoms with van der Waals surface area (Å²) in [6.45, 7) is 0. The van der Waals surface area contributed by atoms with Gasteiger partial charge in [0.05, 0.1) is 5.75 Å². The van der Waals surface area contributed by atoms with Crippen molar-refractivity contribution in [1.82, 2.24) is 0 Å². The van der Waals surface area contributed by atoms with Gasteiger partial charge in [0.2, 0.25) is 0 Å². The Morgan fingerprint density at radius 1 is 1.12 bits per heavy atom. The van der Waals surface area contributed by atoms with Gasteiger partial charge in [-0.05, 0) is 5.56 Å². The van der Waals surface area contributed by atoms with Gasteiger partial charge in [0.1, 0.15) is 0 Å². The van der Waals surface area contributed by atoms with Gasteiger partial charge in [-0.2, -0.15) is 12.6 Å². The smallest absolute Gasteiger partial charge is 0.0782 e. The van der Waals surface area contributed by atoms with Crippen LogP contribution in [0.25, 0.3) is 0 Å². The average molecular weight is 122 g/mol. The van der Waals surface area contributed by atoms with Crippen LogP contribution in [0.3, 0.4) is 0 Å². The van der Waals surface area contributed by atoms with E-state index in [0.29, 0.717) is 0 Å². The molecule has 0 aliphatic heterocycles. The highest BCUT2D eigenvalue weighted by molar-refractivity contribution is 7.82. The van der Waals surface area contributed by atoms with E-state index in [1.807, 2.05) is 30.3 Å². The standard InChI is InChI=1S/C7H6S/c8-6-7-4-2-1-3-5-7/h1-5,8H. The molecule has 40 valence electrons. The van der Waals surface area contributed by atoms with Crippen molar-refractivity contribution in [3.63, 3.8) is 0 Å². The van der Waals surface area contributed by atoms with Crippen molar-refractivity contribution in [1.29, 1.82) is 0 Å². The average Bonchev–Trinajstić information content (AvgIpc) is 1.90. The molecule has 0 heterocycles. The van der Waals surface area contributed by atoms with Crippen LogP contribution in [0.2, 0.25) is 0 Å². The third-order valence-corrected chi connectivity index (χ3v) is 1.16. The first kappa shape index (κ1) is 5.70. The van der Waals surface area contributed by atoms with Crippen LogP contribution < -0.4 is 0 Å². The molecule has 0 bridgehead atoms. The first-order valence-corrected chi connectivity index (χ1v) is 2.83. The molecule has 0 unspecified atom stereocenters. The van der Waals surface area contributed by atoms with Gasteiger partial charge in [-0.3, -0.25) is 0 Å². The predicted octanol–water partition coefficient (Wildman–Crippen LogP) is 2.00. The lowest BCUT2D eigenvalue weighted by Crippen LogP contribution is -1.68.